The number of nitrogens with zero attached hydrogens (tertiary/aromatic N) is 1. The Kier molecular flexibility index (Phi) is 8.16. The summed E-state index contributed by atoms with van der Waals surface area (Å²) in [4.78, 5) is 27.5. The average molecular weight is 471 g/mol. The fraction of sp³-hybridized carbons (Fsp3) is 0.385. The molecule has 0 unspecified atom stereocenters. The summed E-state index contributed by atoms with van der Waals surface area (Å²) in [6.45, 7) is 9.84. The lowest BCUT2D eigenvalue weighted by Gasteiger charge is -2.32. The van der Waals surface area contributed by atoms with Crippen molar-refractivity contribution in [1.29, 1.82) is 0 Å². The number of hydrogen-bond donors (Lipinski definition) is 1. The van der Waals surface area contributed by atoms with Crippen molar-refractivity contribution in [2.75, 3.05) is 31.2 Å². The molecule has 33 heavy (non-hydrogen) atoms. The fourth-order valence-electron chi connectivity index (χ4n) is 3.39. The minimum absolute atomic E-state index is 0.102. The Morgan fingerprint density at radius 2 is 1.91 bits per heavy atom. The molecule has 0 saturated carbocycles. The van der Waals surface area contributed by atoms with Crippen LogP contribution in [0, 0.1) is 0 Å². The first kappa shape index (κ1) is 24.8. The van der Waals surface area contributed by atoms with Gasteiger partial charge in [-0.3, -0.25) is 14.5 Å². The molecule has 7 heteroatoms. The monoisotopic (exact) mass is 470 g/mol. The van der Waals surface area contributed by atoms with Crippen molar-refractivity contribution in [2.45, 2.75) is 39.5 Å². The Bertz CT molecular complexity index is 1030. The van der Waals surface area contributed by atoms with Gasteiger partial charge in [0.05, 0.1) is 5.69 Å². The largest absolute Gasteiger partial charge is 0.449 e. The van der Waals surface area contributed by atoms with Crippen LogP contribution in [-0.2, 0) is 19.7 Å². The van der Waals surface area contributed by atoms with Crippen molar-refractivity contribution in [3.05, 3.63) is 64.4 Å². The molecule has 1 aliphatic heterocycles. The molecule has 6 nitrogen and oxygen atoms in total. The fourth-order valence-corrected chi connectivity index (χ4v) is 3.52. The maximum Gasteiger partial charge on any atom is 0.294 e. The molecule has 0 fully saturated rings. The maximum absolute atomic E-state index is 13.4. The highest BCUT2D eigenvalue weighted by molar-refractivity contribution is 6.30. The number of rotatable bonds is 8. The molecule has 2 aromatic carbocycles. The molecule has 0 aromatic heterocycles. The molecule has 1 N–H and O–H groups in total. The minimum Gasteiger partial charge on any atom is -0.449 e. The van der Waals surface area contributed by atoms with Gasteiger partial charge in [0.15, 0.2) is 11.5 Å². The lowest BCUT2D eigenvalue weighted by Crippen LogP contribution is -2.44. The summed E-state index contributed by atoms with van der Waals surface area (Å²) in [6, 6.07) is 12.9. The molecule has 0 spiro atoms. The molecule has 2 aromatic rings. The highest BCUT2D eigenvalue weighted by Gasteiger charge is 2.33. The number of amides is 2. The summed E-state index contributed by atoms with van der Waals surface area (Å²) in [6.07, 6.45) is 2.37. The summed E-state index contributed by atoms with van der Waals surface area (Å²) in [5.41, 5.74) is 2.29. The molecule has 0 radical (unpaired) electrons. The third-order valence-electron chi connectivity index (χ3n) is 5.25. The Hall–Kier alpha value is -2.83. The standard InChI is InChI=1S/C26H31ClN2O4/c1-5-32-14-6-13-28-24(30)17-29-21-16-19(26(2,3)4)9-12-22(21)33-23(25(29)31)15-18-7-10-20(27)11-8-18/h7-12,15-16H,5-6,13-14,17H2,1-4H3,(H,28,30)/b23-15+. The van der Waals surface area contributed by atoms with Gasteiger partial charge in [-0.2, -0.15) is 0 Å². The van der Waals surface area contributed by atoms with Gasteiger partial charge in [0.1, 0.15) is 6.54 Å². The summed E-state index contributed by atoms with van der Waals surface area (Å²) in [5, 5.41) is 3.48. The van der Waals surface area contributed by atoms with Crippen LogP contribution in [0.5, 0.6) is 5.75 Å². The second-order valence-electron chi connectivity index (χ2n) is 8.89. The number of halogens is 1. The topological polar surface area (TPSA) is 67.9 Å². The molecule has 176 valence electrons. The van der Waals surface area contributed by atoms with Gasteiger partial charge in [-0.1, -0.05) is 50.6 Å². The van der Waals surface area contributed by atoms with Gasteiger partial charge in [0, 0.05) is 24.8 Å². The highest BCUT2D eigenvalue weighted by atomic mass is 35.5. The van der Waals surface area contributed by atoms with Crippen molar-refractivity contribution in [1.82, 2.24) is 5.32 Å². The number of benzene rings is 2. The third kappa shape index (κ3) is 6.59. The summed E-state index contributed by atoms with van der Waals surface area (Å²) >= 11 is 5.97. The first-order valence-electron chi connectivity index (χ1n) is 11.1. The van der Waals surface area contributed by atoms with Gasteiger partial charge in [-0.05, 0) is 60.2 Å². The number of hydrogen-bond acceptors (Lipinski definition) is 4. The van der Waals surface area contributed by atoms with E-state index in [1.54, 1.807) is 30.3 Å². The number of nitrogens with one attached hydrogen (secondary N) is 1. The molecule has 0 atom stereocenters. The average Bonchev–Trinajstić information content (AvgIpc) is 2.77. The van der Waals surface area contributed by atoms with Gasteiger partial charge in [-0.25, -0.2) is 0 Å². The first-order valence-corrected chi connectivity index (χ1v) is 11.5. The number of fused-ring (bicyclic) bond motifs is 1. The molecule has 2 amide bonds. The van der Waals surface area contributed by atoms with E-state index >= 15 is 0 Å². The molecule has 0 aliphatic carbocycles. The smallest absolute Gasteiger partial charge is 0.294 e. The molecule has 0 bridgehead atoms. The van der Waals surface area contributed by atoms with Crippen molar-refractivity contribution >= 4 is 35.2 Å². The Balaban J connectivity index is 1.88. The summed E-state index contributed by atoms with van der Waals surface area (Å²) < 4.78 is 11.3. The van der Waals surface area contributed by atoms with Crippen LogP contribution in [0.2, 0.25) is 5.02 Å². The van der Waals surface area contributed by atoms with Gasteiger partial charge >= 0.3 is 0 Å². The van der Waals surface area contributed by atoms with E-state index in [-0.39, 0.29) is 29.5 Å². The highest BCUT2D eigenvalue weighted by Crippen LogP contribution is 2.39. The minimum atomic E-state index is -0.368. The van der Waals surface area contributed by atoms with E-state index in [0.29, 0.717) is 42.6 Å². The molecular formula is C26H31ClN2O4. The van der Waals surface area contributed by atoms with E-state index in [2.05, 4.69) is 26.1 Å². The second kappa shape index (κ2) is 10.9. The molecular weight excluding hydrogens is 440 g/mol. The maximum atomic E-state index is 13.4. The van der Waals surface area contributed by atoms with Gasteiger partial charge in [0.25, 0.3) is 5.91 Å². The van der Waals surface area contributed by atoms with Crippen LogP contribution in [0.25, 0.3) is 6.08 Å². The van der Waals surface area contributed by atoms with Crippen molar-refractivity contribution in [3.63, 3.8) is 0 Å². The zero-order valence-corrected chi connectivity index (χ0v) is 20.4. The Morgan fingerprint density at radius 3 is 2.58 bits per heavy atom. The SMILES string of the molecule is CCOCCCNC(=O)CN1C(=O)/C(=C\c2ccc(Cl)cc2)Oc2ccc(C(C)(C)C)cc21. The van der Waals surface area contributed by atoms with Gasteiger partial charge in [0.2, 0.25) is 5.91 Å². The van der Waals surface area contributed by atoms with E-state index in [1.807, 2.05) is 25.1 Å². The zero-order chi connectivity index (χ0) is 24.0. The van der Waals surface area contributed by atoms with E-state index in [1.165, 1.54) is 4.90 Å². The number of ether oxygens (including phenoxy) is 2. The van der Waals surface area contributed by atoms with Crippen LogP contribution in [-0.4, -0.2) is 38.1 Å². The summed E-state index contributed by atoms with van der Waals surface area (Å²) in [5.74, 6) is 0.0807. The van der Waals surface area contributed by atoms with Crippen molar-refractivity contribution in [3.8, 4) is 5.75 Å². The predicted octanol–water partition coefficient (Wildman–Crippen LogP) is 4.95. The van der Waals surface area contributed by atoms with Crippen LogP contribution in [0.15, 0.2) is 48.2 Å². The normalized spacial score (nSPS) is 14.8. The Morgan fingerprint density at radius 1 is 1.18 bits per heavy atom. The van der Waals surface area contributed by atoms with Crippen LogP contribution in [0.3, 0.4) is 0 Å². The third-order valence-corrected chi connectivity index (χ3v) is 5.50. The van der Waals surface area contributed by atoms with Crippen LogP contribution >= 0.6 is 11.6 Å². The first-order chi connectivity index (χ1) is 15.7. The zero-order valence-electron chi connectivity index (χ0n) is 19.6. The predicted molar refractivity (Wildman–Crippen MR) is 132 cm³/mol. The van der Waals surface area contributed by atoms with Crippen LogP contribution in [0.4, 0.5) is 5.69 Å². The van der Waals surface area contributed by atoms with Crippen LogP contribution in [0.1, 0.15) is 45.2 Å². The van der Waals surface area contributed by atoms with E-state index in [9.17, 15) is 9.59 Å². The van der Waals surface area contributed by atoms with Crippen LogP contribution < -0.4 is 15.0 Å². The number of carbonyl (C=O) groups is 2. The van der Waals surface area contributed by atoms with Crippen molar-refractivity contribution in [2.24, 2.45) is 0 Å². The number of anilines is 1. The van der Waals surface area contributed by atoms with Gasteiger partial charge in [-0.15, -0.1) is 0 Å². The molecule has 3 rings (SSSR count). The second-order valence-corrected chi connectivity index (χ2v) is 9.32. The Labute approximate surface area is 200 Å². The van der Waals surface area contributed by atoms with Gasteiger partial charge < -0.3 is 14.8 Å². The molecule has 1 heterocycles. The molecule has 0 saturated heterocycles. The van der Waals surface area contributed by atoms with E-state index < -0.39 is 0 Å². The van der Waals surface area contributed by atoms with E-state index in [0.717, 1.165) is 11.1 Å². The van der Waals surface area contributed by atoms with Crippen molar-refractivity contribution < 1.29 is 19.1 Å². The lowest BCUT2D eigenvalue weighted by molar-refractivity contribution is -0.123. The number of carbonyl (C=O) groups excluding carboxylic acids is 2. The van der Waals surface area contributed by atoms with E-state index in [4.69, 9.17) is 21.1 Å². The lowest BCUT2D eigenvalue weighted by atomic mass is 9.86. The summed E-state index contributed by atoms with van der Waals surface area (Å²) in [7, 11) is 0. The quantitative estimate of drug-likeness (QED) is 0.438. The molecule has 1 aliphatic rings.